The van der Waals surface area contributed by atoms with E-state index in [1.807, 2.05) is 6.92 Å². The number of fused-ring (bicyclic) bond motifs is 1. The summed E-state index contributed by atoms with van der Waals surface area (Å²) in [7, 11) is 0. The van der Waals surface area contributed by atoms with Crippen LogP contribution in [0.1, 0.15) is 56.4 Å². The lowest BCUT2D eigenvalue weighted by molar-refractivity contribution is -0.129. The van der Waals surface area contributed by atoms with Gasteiger partial charge >= 0.3 is 0 Å². The van der Waals surface area contributed by atoms with Crippen molar-refractivity contribution in [2.75, 3.05) is 6.61 Å². The number of carbonyl (C=O) groups is 4. The van der Waals surface area contributed by atoms with Gasteiger partial charge in [-0.05, 0) is 55.3 Å². The van der Waals surface area contributed by atoms with Crippen molar-refractivity contribution in [2.24, 2.45) is 0 Å². The van der Waals surface area contributed by atoms with E-state index in [0.29, 0.717) is 23.5 Å². The van der Waals surface area contributed by atoms with Crippen molar-refractivity contribution < 1.29 is 29.0 Å². The number of aliphatic hydroxyl groups is 1. The summed E-state index contributed by atoms with van der Waals surface area (Å²) < 4.78 is 5.36. The molecule has 2 aliphatic rings. The summed E-state index contributed by atoms with van der Waals surface area (Å²) in [6, 6.07) is 10.7. The molecular weight excluding hydrogens is 414 g/mol. The number of hydrogen-bond donors (Lipinski definition) is 3. The van der Waals surface area contributed by atoms with Gasteiger partial charge in [-0.2, -0.15) is 0 Å². The topological polar surface area (TPSA) is 125 Å². The molecule has 2 atom stereocenters. The summed E-state index contributed by atoms with van der Waals surface area (Å²) in [5.74, 6) is -0.951. The third-order valence-corrected chi connectivity index (χ3v) is 5.54. The van der Waals surface area contributed by atoms with E-state index in [2.05, 4.69) is 10.6 Å². The highest BCUT2D eigenvalue weighted by molar-refractivity contribution is 6.21. The molecule has 0 aliphatic carbocycles. The number of carbonyl (C=O) groups excluding carboxylic acids is 4. The van der Waals surface area contributed by atoms with Crippen molar-refractivity contribution in [2.45, 2.75) is 38.6 Å². The first-order valence-electron chi connectivity index (χ1n) is 10.4. The third-order valence-electron chi connectivity index (χ3n) is 5.54. The monoisotopic (exact) mass is 437 g/mol. The fraction of sp³-hybridized carbons (Fsp3) is 0.304. The summed E-state index contributed by atoms with van der Waals surface area (Å²) in [6.07, 6.45) is -0.979. The quantitative estimate of drug-likeness (QED) is 0.584. The molecule has 3 N–H and O–H groups in total. The molecule has 2 heterocycles. The van der Waals surface area contributed by atoms with Gasteiger partial charge in [0.2, 0.25) is 5.91 Å². The van der Waals surface area contributed by atoms with Crippen LogP contribution in [0.4, 0.5) is 0 Å². The van der Waals surface area contributed by atoms with Crippen LogP contribution >= 0.6 is 0 Å². The van der Waals surface area contributed by atoms with E-state index in [1.165, 1.54) is 0 Å². The Labute approximate surface area is 184 Å². The highest BCUT2D eigenvalue weighted by Crippen LogP contribution is 2.29. The lowest BCUT2D eigenvalue weighted by Gasteiger charge is -2.33. The van der Waals surface area contributed by atoms with Gasteiger partial charge in [-0.1, -0.05) is 6.07 Å². The third kappa shape index (κ3) is 4.06. The number of ether oxygens (including phenoxy) is 1. The zero-order chi connectivity index (χ0) is 22.8. The van der Waals surface area contributed by atoms with Crippen molar-refractivity contribution in [1.29, 1.82) is 0 Å². The zero-order valence-electron chi connectivity index (χ0n) is 17.5. The minimum absolute atomic E-state index is 0.123. The number of hydrogen-bond acceptors (Lipinski definition) is 6. The molecule has 1 fully saturated rings. The Bertz CT molecular complexity index is 1080. The lowest BCUT2D eigenvalue weighted by Crippen LogP contribution is -2.57. The fourth-order valence-electron chi connectivity index (χ4n) is 3.91. The minimum atomic E-state index is -1.30. The standard InChI is InChI=1S/C23H23N3O6/c1-2-32-15-6-4-14(5-7-15)20(28)24-12-13-3-8-16-17(11-13)23(31)26(22(16)30)18-9-10-19(27)25-21(18)29/h3-8,11,18,21,29H,2,9-10,12H2,1H3,(H,24,28)(H,25,27). The molecule has 2 aromatic carbocycles. The molecular formula is C23H23N3O6. The minimum Gasteiger partial charge on any atom is -0.494 e. The van der Waals surface area contributed by atoms with Gasteiger partial charge in [0.25, 0.3) is 17.7 Å². The molecule has 2 unspecified atom stereocenters. The van der Waals surface area contributed by atoms with E-state index in [-0.39, 0.29) is 42.3 Å². The van der Waals surface area contributed by atoms with E-state index < -0.39 is 24.1 Å². The van der Waals surface area contributed by atoms with E-state index in [1.54, 1.807) is 42.5 Å². The van der Waals surface area contributed by atoms with Crippen molar-refractivity contribution in [1.82, 2.24) is 15.5 Å². The van der Waals surface area contributed by atoms with Gasteiger partial charge < -0.3 is 20.5 Å². The summed E-state index contributed by atoms with van der Waals surface area (Å²) in [5, 5.41) is 15.3. The Morgan fingerprint density at radius 1 is 1.12 bits per heavy atom. The molecule has 4 amide bonds. The van der Waals surface area contributed by atoms with E-state index in [9.17, 15) is 24.3 Å². The van der Waals surface area contributed by atoms with Crippen LogP contribution in [0, 0.1) is 0 Å². The summed E-state index contributed by atoms with van der Waals surface area (Å²) in [6.45, 7) is 2.59. The number of nitrogens with zero attached hydrogens (tertiary/aromatic N) is 1. The molecule has 0 spiro atoms. The van der Waals surface area contributed by atoms with Gasteiger partial charge in [0.05, 0.1) is 23.8 Å². The number of benzene rings is 2. The molecule has 0 bridgehead atoms. The summed E-state index contributed by atoms with van der Waals surface area (Å²) in [5.41, 5.74) is 1.58. The molecule has 32 heavy (non-hydrogen) atoms. The van der Waals surface area contributed by atoms with Crippen molar-refractivity contribution in [3.8, 4) is 5.75 Å². The molecule has 0 aromatic heterocycles. The maximum absolute atomic E-state index is 12.9. The molecule has 9 heteroatoms. The summed E-state index contributed by atoms with van der Waals surface area (Å²) >= 11 is 0. The highest BCUT2D eigenvalue weighted by atomic mass is 16.5. The van der Waals surface area contributed by atoms with Crippen LogP contribution < -0.4 is 15.4 Å². The van der Waals surface area contributed by atoms with E-state index >= 15 is 0 Å². The maximum Gasteiger partial charge on any atom is 0.261 e. The summed E-state index contributed by atoms with van der Waals surface area (Å²) in [4.78, 5) is 50.5. The second-order valence-electron chi connectivity index (χ2n) is 7.62. The van der Waals surface area contributed by atoms with Gasteiger partial charge in [0, 0.05) is 18.5 Å². The molecule has 166 valence electrons. The number of amides is 4. The predicted molar refractivity (Wildman–Crippen MR) is 113 cm³/mol. The van der Waals surface area contributed by atoms with E-state index in [0.717, 1.165) is 4.90 Å². The largest absolute Gasteiger partial charge is 0.494 e. The Morgan fingerprint density at radius 3 is 2.53 bits per heavy atom. The van der Waals surface area contributed by atoms with Crippen molar-refractivity contribution in [3.63, 3.8) is 0 Å². The molecule has 1 saturated heterocycles. The van der Waals surface area contributed by atoms with Gasteiger partial charge in [0.15, 0.2) is 0 Å². The van der Waals surface area contributed by atoms with Crippen LogP contribution in [-0.2, 0) is 11.3 Å². The SMILES string of the molecule is CCOc1ccc(C(=O)NCc2ccc3c(c2)C(=O)N(C2CCC(=O)NC2O)C3=O)cc1. The fourth-order valence-corrected chi connectivity index (χ4v) is 3.91. The number of piperidine rings is 1. The Hall–Kier alpha value is -3.72. The van der Waals surface area contributed by atoms with Crippen LogP contribution in [-0.4, -0.2) is 52.5 Å². The molecule has 2 aromatic rings. The van der Waals surface area contributed by atoms with Crippen molar-refractivity contribution in [3.05, 3.63) is 64.7 Å². The van der Waals surface area contributed by atoms with Gasteiger partial charge in [0.1, 0.15) is 12.0 Å². The number of aliphatic hydroxyl groups excluding tert-OH is 1. The predicted octanol–water partition coefficient (Wildman–Crippen LogP) is 1.21. The second-order valence-corrected chi connectivity index (χ2v) is 7.62. The van der Waals surface area contributed by atoms with Crippen LogP contribution in [0.25, 0.3) is 0 Å². The lowest BCUT2D eigenvalue weighted by atomic mass is 10.0. The molecule has 0 radical (unpaired) electrons. The van der Waals surface area contributed by atoms with E-state index in [4.69, 9.17) is 4.74 Å². The number of nitrogens with one attached hydrogen (secondary N) is 2. The Kier molecular flexibility index (Phi) is 5.91. The highest BCUT2D eigenvalue weighted by Gasteiger charge is 2.44. The average molecular weight is 437 g/mol. The van der Waals surface area contributed by atoms with Crippen LogP contribution in [0.5, 0.6) is 5.75 Å². The second kappa shape index (κ2) is 8.80. The first-order chi connectivity index (χ1) is 15.4. The maximum atomic E-state index is 12.9. The van der Waals surface area contributed by atoms with Gasteiger partial charge in [-0.25, -0.2) is 0 Å². The first kappa shape index (κ1) is 21.5. The first-order valence-corrected chi connectivity index (χ1v) is 10.4. The van der Waals surface area contributed by atoms with Crippen molar-refractivity contribution >= 4 is 23.6 Å². The average Bonchev–Trinajstić information content (AvgIpc) is 3.03. The Balaban J connectivity index is 1.44. The molecule has 0 saturated carbocycles. The molecule has 2 aliphatic heterocycles. The normalized spacial score (nSPS) is 20.1. The Morgan fingerprint density at radius 2 is 1.84 bits per heavy atom. The van der Waals surface area contributed by atoms with Crippen LogP contribution in [0.15, 0.2) is 42.5 Å². The smallest absolute Gasteiger partial charge is 0.261 e. The van der Waals surface area contributed by atoms with Gasteiger partial charge in [-0.3, -0.25) is 24.1 Å². The zero-order valence-corrected chi connectivity index (χ0v) is 17.5. The van der Waals surface area contributed by atoms with Gasteiger partial charge in [-0.15, -0.1) is 0 Å². The van der Waals surface area contributed by atoms with Crippen LogP contribution in [0.3, 0.4) is 0 Å². The molecule has 4 rings (SSSR count). The van der Waals surface area contributed by atoms with Crippen LogP contribution in [0.2, 0.25) is 0 Å². The molecule has 9 nitrogen and oxygen atoms in total. The number of imide groups is 1. The number of rotatable bonds is 6.